The van der Waals surface area contributed by atoms with Gasteiger partial charge in [-0.25, -0.2) is 0 Å². The molecule has 0 aromatic carbocycles. The number of aromatic nitrogens is 1. The summed E-state index contributed by atoms with van der Waals surface area (Å²) in [6.45, 7) is -0.458. The molecule has 62 valence electrons. The first-order valence-electron chi connectivity index (χ1n) is 3.33. The van der Waals surface area contributed by atoms with Gasteiger partial charge in [-0.05, 0) is 12.1 Å². The van der Waals surface area contributed by atoms with Gasteiger partial charge < -0.3 is 19.9 Å². The summed E-state index contributed by atoms with van der Waals surface area (Å²) in [7, 11) is 0. The van der Waals surface area contributed by atoms with Crippen LogP contribution < -0.4 is 0 Å². The van der Waals surface area contributed by atoms with Crippen molar-refractivity contribution in [3.05, 3.63) is 23.5 Å². The zero-order valence-electron chi connectivity index (χ0n) is 6.06. The van der Waals surface area contributed by atoms with Crippen molar-refractivity contribution < 1.29 is 15.3 Å². The summed E-state index contributed by atoms with van der Waals surface area (Å²) >= 11 is 0. The molecular weight excluding hydrogens is 146 g/mol. The molecule has 11 heavy (non-hydrogen) atoms. The number of rotatable bonds is 3. The number of aliphatic hydroxyl groups is 3. The first kappa shape index (κ1) is 8.26. The van der Waals surface area contributed by atoms with Crippen molar-refractivity contribution in [3.8, 4) is 0 Å². The minimum atomic E-state index is -0.210. The Kier molecular flexibility index (Phi) is 2.64. The maximum atomic E-state index is 8.79. The number of nitrogens with zero attached hydrogens (tertiary/aromatic N) is 1. The SMILES string of the molecule is OCc1ccc(CO)n1CO. The largest absolute Gasteiger partial charge is 0.390 e. The molecule has 0 atom stereocenters. The molecule has 4 heteroatoms. The third-order valence-electron chi connectivity index (χ3n) is 1.63. The quantitative estimate of drug-likeness (QED) is 0.550. The minimum absolute atomic E-state index is 0.124. The fourth-order valence-corrected chi connectivity index (χ4v) is 1.01. The fourth-order valence-electron chi connectivity index (χ4n) is 1.01. The molecule has 0 spiro atoms. The monoisotopic (exact) mass is 157 g/mol. The van der Waals surface area contributed by atoms with Gasteiger partial charge in [-0.2, -0.15) is 0 Å². The van der Waals surface area contributed by atoms with Gasteiger partial charge in [0, 0.05) is 11.4 Å². The van der Waals surface area contributed by atoms with E-state index in [-0.39, 0.29) is 19.9 Å². The molecule has 0 fully saturated rings. The standard InChI is InChI=1S/C7H11NO3/c9-3-6-1-2-7(4-10)8(6)5-11/h1-2,9-11H,3-5H2. The molecule has 1 aromatic heterocycles. The van der Waals surface area contributed by atoms with Crippen LogP contribution in [0.5, 0.6) is 0 Å². The lowest BCUT2D eigenvalue weighted by molar-refractivity contribution is 0.177. The molecule has 0 bridgehead atoms. The molecule has 0 unspecified atom stereocenters. The van der Waals surface area contributed by atoms with Gasteiger partial charge in [0.15, 0.2) is 0 Å². The summed E-state index contributed by atoms with van der Waals surface area (Å²) < 4.78 is 1.46. The summed E-state index contributed by atoms with van der Waals surface area (Å²) in [4.78, 5) is 0. The average Bonchev–Trinajstić information content (AvgIpc) is 2.45. The lowest BCUT2D eigenvalue weighted by Gasteiger charge is -2.05. The predicted octanol–water partition coefficient (Wildman–Crippen LogP) is -0.578. The molecule has 4 nitrogen and oxygen atoms in total. The van der Waals surface area contributed by atoms with Crippen LogP contribution in [0, 0.1) is 0 Å². The highest BCUT2D eigenvalue weighted by Crippen LogP contribution is 2.08. The third-order valence-corrected chi connectivity index (χ3v) is 1.63. The smallest absolute Gasteiger partial charge is 0.119 e. The maximum absolute atomic E-state index is 8.79. The van der Waals surface area contributed by atoms with Crippen molar-refractivity contribution in [3.63, 3.8) is 0 Å². The van der Waals surface area contributed by atoms with E-state index in [0.717, 1.165) is 0 Å². The summed E-state index contributed by atoms with van der Waals surface area (Å²) in [5.74, 6) is 0. The van der Waals surface area contributed by atoms with Gasteiger partial charge in [-0.15, -0.1) is 0 Å². The van der Waals surface area contributed by atoms with E-state index in [4.69, 9.17) is 15.3 Å². The first-order chi connectivity index (χ1) is 5.33. The van der Waals surface area contributed by atoms with Crippen molar-refractivity contribution in [1.82, 2.24) is 4.57 Å². The van der Waals surface area contributed by atoms with Crippen LogP contribution in [-0.4, -0.2) is 19.9 Å². The van der Waals surface area contributed by atoms with Crippen LogP contribution in [0.1, 0.15) is 11.4 Å². The summed E-state index contributed by atoms with van der Waals surface area (Å²) in [6, 6.07) is 3.34. The molecule has 3 N–H and O–H groups in total. The molecule has 0 saturated carbocycles. The van der Waals surface area contributed by atoms with Gasteiger partial charge in [-0.3, -0.25) is 0 Å². The molecular formula is C7H11NO3. The van der Waals surface area contributed by atoms with Crippen molar-refractivity contribution in [2.24, 2.45) is 0 Å². The summed E-state index contributed by atoms with van der Waals surface area (Å²) in [5.41, 5.74) is 1.22. The number of aliphatic hydroxyl groups excluding tert-OH is 3. The zero-order valence-corrected chi connectivity index (χ0v) is 6.06. The van der Waals surface area contributed by atoms with Gasteiger partial charge in [-0.1, -0.05) is 0 Å². The fraction of sp³-hybridized carbons (Fsp3) is 0.429. The van der Waals surface area contributed by atoms with Crippen LogP contribution in [0.15, 0.2) is 12.1 Å². The Morgan fingerprint density at radius 2 is 1.45 bits per heavy atom. The van der Waals surface area contributed by atoms with Crippen molar-refractivity contribution >= 4 is 0 Å². The minimum Gasteiger partial charge on any atom is -0.390 e. The van der Waals surface area contributed by atoms with E-state index in [1.54, 1.807) is 12.1 Å². The molecule has 0 aliphatic rings. The van der Waals surface area contributed by atoms with E-state index in [1.165, 1.54) is 4.57 Å². The van der Waals surface area contributed by atoms with E-state index in [9.17, 15) is 0 Å². The van der Waals surface area contributed by atoms with Gasteiger partial charge >= 0.3 is 0 Å². The Balaban J connectivity index is 2.99. The van der Waals surface area contributed by atoms with Crippen LogP contribution in [0.4, 0.5) is 0 Å². The van der Waals surface area contributed by atoms with Crippen LogP contribution in [0.3, 0.4) is 0 Å². The Labute approximate surface area is 64.3 Å². The molecule has 1 rings (SSSR count). The van der Waals surface area contributed by atoms with E-state index < -0.39 is 0 Å². The van der Waals surface area contributed by atoms with E-state index >= 15 is 0 Å². The summed E-state index contributed by atoms with van der Waals surface area (Å²) in [5, 5.41) is 26.3. The Morgan fingerprint density at radius 3 is 1.73 bits per heavy atom. The van der Waals surface area contributed by atoms with Crippen LogP contribution in [0.2, 0.25) is 0 Å². The topological polar surface area (TPSA) is 65.6 Å². The molecule has 0 amide bonds. The normalized spacial score (nSPS) is 10.5. The zero-order chi connectivity index (χ0) is 8.27. The second kappa shape index (κ2) is 3.52. The molecule has 0 saturated heterocycles. The van der Waals surface area contributed by atoms with E-state index in [0.29, 0.717) is 11.4 Å². The Morgan fingerprint density at radius 1 is 1.00 bits per heavy atom. The third kappa shape index (κ3) is 1.42. The van der Waals surface area contributed by atoms with Gasteiger partial charge in [0.1, 0.15) is 6.73 Å². The molecule has 0 aliphatic carbocycles. The molecule has 0 aliphatic heterocycles. The van der Waals surface area contributed by atoms with Gasteiger partial charge in [0.2, 0.25) is 0 Å². The predicted molar refractivity (Wildman–Crippen MR) is 38.5 cm³/mol. The molecule has 1 aromatic rings. The second-order valence-electron chi connectivity index (χ2n) is 2.20. The van der Waals surface area contributed by atoms with Gasteiger partial charge in [0.25, 0.3) is 0 Å². The second-order valence-corrected chi connectivity index (χ2v) is 2.20. The molecule has 0 radical (unpaired) electrons. The van der Waals surface area contributed by atoms with Crippen LogP contribution >= 0.6 is 0 Å². The van der Waals surface area contributed by atoms with Crippen LogP contribution in [0.25, 0.3) is 0 Å². The maximum Gasteiger partial charge on any atom is 0.119 e. The van der Waals surface area contributed by atoms with Crippen molar-refractivity contribution in [2.75, 3.05) is 0 Å². The van der Waals surface area contributed by atoms with Crippen LogP contribution in [-0.2, 0) is 19.9 Å². The average molecular weight is 157 g/mol. The van der Waals surface area contributed by atoms with Crippen molar-refractivity contribution in [1.29, 1.82) is 0 Å². The number of hydrogen-bond donors (Lipinski definition) is 3. The highest BCUT2D eigenvalue weighted by Gasteiger charge is 2.03. The molecule has 1 heterocycles. The number of hydrogen-bond acceptors (Lipinski definition) is 3. The first-order valence-corrected chi connectivity index (χ1v) is 3.33. The lowest BCUT2D eigenvalue weighted by Crippen LogP contribution is -2.06. The van der Waals surface area contributed by atoms with Gasteiger partial charge in [0.05, 0.1) is 13.2 Å². The Hall–Kier alpha value is -0.840. The van der Waals surface area contributed by atoms with E-state index in [1.807, 2.05) is 0 Å². The van der Waals surface area contributed by atoms with E-state index in [2.05, 4.69) is 0 Å². The Bertz CT molecular complexity index is 210. The van der Waals surface area contributed by atoms with Crippen molar-refractivity contribution in [2.45, 2.75) is 19.9 Å². The highest BCUT2D eigenvalue weighted by atomic mass is 16.3. The summed E-state index contributed by atoms with van der Waals surface area (Å²) in [6.07, 6.45) is 0. The lowest BCUT2D eigenvalue weighted by atomic mass is 10.4. The highest BCUT2D eigenvalue weighted by molar-refractivity contribution is 5.14.